The van der Waals surface area contributed by atoms with Gasteiger partial charge >= 0.3 is 0 Å². The van der Waals surface area contributed by atoms with E-state index in [-0.39, 0.29) is 0 Å². The van der Waals surface area contributed by atoms with Crippen LogP contribution in [0.3, 0.4) is 0 Å². The molecule has 3 nitrogen and oxygen atoms in total. The average molecular weight is 530 g/mol. The fourth-order valence-electron chi connectivity index (χ4n) is 5.61. The van der Waals surface area contributed by atoms with Crippen LogP contribution >= 0.6 is 11.3 Å². The molecule has 0 spiro atoms. The van der Waals surface area contributed by atoms with Crippen LogP contribution < -0.4 is 0 Å². The quantitative estimate of drug-likeness (QED) is 0.227. The summed E-state index contributed by atoms with van der Waals surface area (Å²) in [5, 5.41) is 2.48. The molecule has 0 saturated carbocycles. The summed E-state index contributed by atoms with van der Waals surface area (Å²) in [5.74, 6) is 0.720. The molecule has 0 aliphatic rings. The summed E-state index contributed by atoms with van der Waals surface area (Å²) in [7, 11) is 0. The van der Waals surface area contributed by atoms with Crippen molar-refractivity contribution in [1.82, 2.24) is 14.5 Å². The summed E-state index contributed by atoms with van der Waals surface area (Å²) in [5.41, 5.74) is 8.46. The number of aromatic nitrogens is 3. The van der Waals surface area contributed by atoms with Crippen molar-refractivity contribution in [1.29, 1.82) is 0 Å². The van der Waals surface area contributed by atoms with Gasteiger partial charge in [0.15, 0.2) is 5.82 Å². The highest BCUT2D eigenvalue weighted by atomic mass is 32.1. The zero-order valence-electron chi connectivity index (χ0n) is 21.5. The van der Waals surface area contributed by atoms with Gasteiger partial charge in [0.25, 0.3) is 0 Å². The minimum atomic E-state index is 0.720. The summed E-state index contributed by atoms with van der Waals surface area (Å²) in [4.78, 5) is 10.4. The maximum Gasteiger partial charge on any atom is 0.162 e. The molecule has 0 radical (unpaired) electrons. The van der Waals surface area contributed by atoms with E-state index in [0.717, 1.165) is 45.1 Å². The molecular weight excluding hydrogens is 506 g/mol. The lowest BCUT2D eigenvalue weighted by Crippen LogP contribution is -1.99. The number of para-hydroxylation sites is 2. The fraction of sp³-hybridized carbons (Fsp3) is 0. The van der Waals surface area contributed by atoms with Crippen LogP contribution in [0.25, 0.3) is 70.8 Å². The van der Waals surface area contributed by atoms with Crippen LogP contribution in [0.5, 0.6) is 0 Å². The monoisotopic (exact) mass is 529 g/mol. The fourth-order valence-corrected chi connectivity index (χ4v) is 6.83. The number of hydrogen-bond acceptors (Lipinski definition) is 3. The molecule has 8 rings (SSSR count). The lowest BCUT2D eigenvalue weighted by Gasteiger charge is -2.13. The van der Waals surface area contributed by atoms with Crippen molar-refractivity contribution >= 4 is 42.5 Å². The van der Waals surface area contributed by atoms with Crippen LogP contribution in [0.2, 0.25) is 0 Å². The molecule has 188 valence electrons. The number of rotatable bonds is 4. The summed E-state index contributed by atoms with van der Waals surface area (Å²) >= 11 is 1.85. The summed E-state index contributed by atoms with van der Waals surface area (Å²) in [6, 6.07) is 48.7. The Balaban J connectivity index is 1.49. The Hall–Kier alpha value is -5.06. The second-order valence-electron chi connectivity index (χ2n) is 9.84. The number of fused-ring (bicyclic) bond motifs is 5. The zero-order chi connectivity index (χ0) is 26.5. The van der Waals surface area contributed by atoms with Crippen molar-refractivity contribution in [3.8, 4) is 39.6 Å². The van der Waals surface area contributed by atoms with Gasteiger partial charge in [-0.3, -0.25) is 0 Å². The first-order chi connectivity index (χ1) is 19.8. The minimum absolute atomic E-state index is 0.720. The molecular formula is C36H23N3S. The van der Waals surface area contributed by atoms with E-state index >= 15 is 0 Å². The average Bonchev–Trinajstić information content (AvgIpc) is 3.57. The third kappa shape index (κ3) is 3.65. The highest BCUT2D eigenvalue weighted by Gasteiger charge is 2.22. The molecule has 3 aromatic heterocycles. The molecule has 0 bridgehead atoms. The molecule has 0 amide bonds. The van der Waals surface area contributed by atoms with Gasteiger partial charge in [0, 0.05) is 37.9 Å². The maximum atomic E-state index is 5.18. The number of benzene rings is 5. The molecule has 4 heteroatoms. The zero-order valence-corrected chi connectivity index (χ0v) is 22.3. The van der Waals surface area contributed by atoms with Crippen molar-refractivity contribution in [2.24, 2.45) is 0 Å². The number of nitrogens with zero attached hydrogens (tertiary/aromatic N) is 3. The van der Waals surface area contributed by atoms with Crippen LogP contribution in [0.15, 0.2) is 140 Å². The van der Waals surface area contributed by atoms with Crippen molar-refractivity contribution < 1.29 is 0 Å². The Morgan fingerprint density at radius 3 is 1.75 bits per heavy atom. The predicted molar refractivity (Wildman–Crippen MR) is 168 cm³/mol. The SMILES string of the molecule is c1ccc(-c2cc(-c3ccccc3)nc(-c3cccc4c5sc6ccccc6c5n(-c5ccccc5)c34)n2)cc1. The summed E-state index contributed by atoms with van der Waals surface area (Å²) in [6.45, 7) is 0. The van der Waals surface area contributed by atoms with E-state index in [2.05, 4.69) is 132 Å². The van der Waals surface area contributed by atoms with Crippen molar-refractivity contribution in [3.05, 3.63) is 140 Å². The molecule has 0 aliphatic heterocycles. The molecule has 0 unspecified atom stereocenters. The van der Waals surface area contributed by atoms with Crippen LogP contribution in [0.4, 0.5) is 0 Å². The highest BCUT2D eigenvalue weighted by Crippen LogP contribution is 2.44. The largest absolute Gasteiger partial charge is 0.307 e. The lowest BCUT2D eigenvalue weighted by molar-refractivity contribution is 1.16. The molecule has 8 aromatic rings. The predicted octanol–water partition coefficient (Wildman–Crippen LogP) is 9.79. The minimum Gasteiger partial charge on any atom is -0.307 e. The van der Waals surface area contributed by atoms with Gasteiger partial charge < -0.3 is 4.57 Å². The van der Waals surface area contributed by atoms with E-state index in [1.807, 2.05) is 23.5 Å². The molecule has 0 N–H and O–H groups in total. The second kappa shape index (κ2) is 9.30. The third-order valence-corrected chi connectivity index (χ3v) is 8.61. The first kappa shape index (κ1) is 22.9. The number of hydrogen-bond donors (Lipinski definition) is 0. The topological polar surface area (TPSA) is 30.7 Å². The first-order valence-electron chi connectivity index (χ1n) is 13.4. The smallest absolute Gasteiger partial charge is 0.162 e. The van der Waals surface area contributed by atoms with Gasteiger partial charge in [-0.05, 0) is 30.3 Å². The summed E-state index contributed by atoms with van der Waals surface area (Å²) < 4.78 is 4.97. The van der Waals surface area contributed by atoms with Crippen molar-refractivity contribution in [2.45, 2.75) is 0 Å². The molecule has 0 atom stereocenters. The van der Waals surface area contributed by atoms with E-state index in [1.165, 1.54) is 25.7 Å². The van der Waals surface area contributed by atoms with Gasteiger partial charge in [0.2, 0.25) is 0 Å². The molecule has 0 aliphatic carbocycles. The Bertz CT molecular complexity index is 2090. The Labute approximate surface area is 235 Å². The van der Waals surface area contributed by atoms with E-state index in [0.29, 0.717) is 0 Å². The van der Waals surface area contributed by atoms with Crippen molar-refractivity contribution in [3.63, 3.8) is 0 Å². The molecule has 0 saturated heterocycles. The van der Waals surface area contributed by atoms with Crippen LogP contribution in [0, 0.1) is 0 Å². The highest BCUT2D eigenvalue weighted by molar-refractivity contribution is 7.26. The first-order valence-corrected chi connectivity index (χ1v) is 14.2. The normalized spacial score (nSPS) is 11.5. The van der Waals surface area contributed by atoms with E-state index in [9.17, 15) is 0 Å². The van der Waals surface area contributed by atoms with E-state index < -0.39 is 0 Å². The van der Waals surface area contributed by atoms with E-state index in [1.54, 1.807) is 0 Å². The lowest BCUT2D eigenvalue weighted by atomic mass is 10.1. The van der Waals surface area contributed by atoms with Gasteiger partial charge in [-0.25, -0.2) is 9.97 Å². The Morgan fingerprint density at radius 1 is 0.500 bits per heavy atom. The summed E-state index contributed by atoms with van der Waals surface area (Å²) in [6.07, 6.45) is 0. The van der Waals surface area contributed by atoms with Gasteiger partial charge in [0.05, 0.1) is 27.1 Å². The van der Waals surface area contributed by atoms with Gasteiger partial charge in [-0.15, -0.1) is 11.3 Å². The third-order valence-electron chi connectivity index (χ3n) is 7.42. The van der Waals surface area contributed by atoms with Gasteiger partial charge in [-0.2, -0.15) is 0 Å². The molecule has 40 heavy (non-hydrogen) atoms. The maximum absolute atomic E-state index is 5.18. The van der Waals surface area contributed by atoms with Crippen LogP contribution in [-0.4, -0.2) is 14.5 Å². The van der Waals surface area contributed by atoms with E-state index in [4.69, 9.17) is 9.97 Å². The van der Waals surface area contributed by atoms with Gasteiger partial charge in [0.1, 0.15) is 0 Å². The van der Waals surface area contributed by atoms with Crippen molar-refractivity contribution in [2.75, 3.05) is 0 Å². The molecule has 0 fully saturated rings. The number of thiophene rings is 1. The molecule has 3 heterocycles. The van der Waals surface area contributed by atoms with Crippen LogP contribution in [0.1, 0.15) is 0 Å². The second-order valence-corrected chi connectivity index (χ2v) is 10.9. The van der Waals surface area contributed by atoms with Gasteiger partial charge in [-0.1, -0.05) is 109 Å². The standard InChI is InChI=1S/C36H23N3S/c1-4-13-24(14-5-1)30-23-31(25-15-6-2-7-16-25)38-36(37-30)29-21-12-20-28-33(29)39(26-17-8-3-9-18-26)34-27-19-10-11-22-32(27)40-35(28)34/h1-23H. The van der Waals surface area contributed by atoms with Crippen LogP contribution in [-0.2, 0) is 0 Å². The molecule has 5 aromatic carbocycles. The Kier molecular flexibility index (Phi) is 5.32. The Morgan fingerprint density at radius 2 is 1.07 bits per heavy atom.